The van der Waals surface area contributed by atoms with Gasteiger partial charge in [-0.3, -0.25) is 0 Å². The van der Waals surface area contributed by atoms with Crippen molar-refractivity contribution in [1.82, 2.24) is 5.32 Å². The predicted molar refractivity (Wildman–Crippen MR) is 77.4 cm³/mol. The Balaban J connectivity index is 2.19. The number of para-hydroxylation sites is 1. The third-order valence-corrected chi connectivity index (χ3v) is 3.78. The van der Waals surface area contributed by atoms with E-state index in [-0.39, 0.29) is 12.2 Å². The fourth-order valence-corrected chi connectivity index (χ4v) is 2.80. The highest BCUT2D eigenvalue weighted by Crippen LogP contribution is 2.39. The zero-order chi connectivity index (χ0) is 13.9. The molecule has 0 saturated heterocycles. The van der Waals surface area contributed by atoms with E-state index in [2.05, 4.69) is 38.2 Å². The highest BCUT2D eigenvalue weighted by atomic mass is 16.5. The number of hydrogen-bond acceptors (Lipinski definition) is 3. The fraction of sp³-hybridized carbons (Fsp3) is 0.625. The Bertz CT molecular complexity index is 417. The number of ether oxygens (including phenoxy) is 1. The fourth-order valence-electron chi connectivity index (χ4n) is 2.80. The summed E-state index contributed by atoms with van der Waals surface area (Å²) in [6.07, 6.45) is 2.78. The van der Waals surface area contributed by atoms with E-state index in [9.17, 15) is 0 Å². The maximum atomic E-state index is 9.13. The molecule has 3 nitrogen and oxygen atoms in total. The van der Waals surface area contributed by atoms with Crippen LogP contribution in [0.3, 0.4) is 0 Å². The van der Waals surface area contributed by atoms with E-state index in [0.717, 1.165) is 25.0 Å². The van der Waals surface area contributed by atoms with Crippen molar-refractivity contribution in [2.45, 2.75) is 57.7 Å². The second kappa shape index (κ2) is 5.93. The minimum atomic E-state index is -0.149. The first-order chi connectivity index (χ1) is 9.05. The molecule has 0 aromatic heterocycles. The van der Waals surface area contributed by atoms with Gasteiger partial charge in [-0.1, -0.05) is 25.1 Å². The molecule has 2 N–H and O–H groups in total. The Labute approximate surface area is 116 Å². The van der Waals surface area contributed by atoms with E-state index in [1.165, 1.54) is 5.56 Å². The van der Waals surface area contributed by atoms with Crippen LogP contribution in [0.25, 0.3) is 0 Å². The lowest BCUT2D eigenvalue weighted by Gasteiger charge is -2.39. The number of nitrogens with one attached hydrogen (secondary N) is 1. The van der Waals surface area contributed by atoms with Gasteiger partial charge in [0, 0.05) is 30.7 Å². The van der Waals surface area contributed by atoms with E-state index in [0.29, 0.717) is 12.1 Å². The molecule has 1 aliphatic rings. The molecule has 2 rings (SSSR count). The van der Waals surface area contributed by atoms with Crippen LogP contribution >= 0.6 is 0 Å². The standard InChI is InChI=1S/C16H25NO2/c1-4-12(9-10-18)17-14-11-16(2,3)19-15-8-6-5-7-13(14)15/h5-8,12,14,17-18H,4,9-11H2,1-3H3. The summed E-state index contributed by atoms with van der Waals surface area (Å²) in [4.78, 5) is 0. The molecule has 1 aromatic rings. The maximum Gasteiger partial charge on any atom is 0.124 e. The topological polar surface area (TPSA) is 41.5 Å². The van der Waals surface area contributed by atoms with E-state index < -0.39 is 0 Å². The summed E-state index contributed by atoms with van der Waals surface area (Å²) in [5.41, 5.74) is 1.09. The molecule has 1 heterocycles. The SMILES string of the molecule is CCC(CCO)NC1CC(C)(C)Oc2ccccc21. The highest BCUT2D eigenvalue weighted by molar-refractivity contribution is 5.38. The van der Waals surface area contributed by atoms with Crippen molar-refractivity contribution in [3.63, 3.8) is 0 Å². The van der Waals surface area contributed by atoms with Gasteiger partial charge in [-0.15, -0.1) is 0 Å². The molecule has 0 fully saturated rings. The lowest BCUT2D eigenvalue weighted by molar-refractivity contribution is 0.0626. The predicted octanol–water partition coefficient (Wildman–Crippen LogP) is 3.04. The quantitative estimate of drug-likeness (QED) is 0.858. The van der Waals surface area contributed by atoms with Gasteiger partial charge in [-0.2, -0.15) is 0 Å². The first-order valence-corrected chi connectivity index (χ1v) is 7.20. The third kappa shape index (κ3) is 3.48. The van der Waals surface area contributed by atoms with Crippen molar-refractivity contribution in [2.75, 3.05) is 6.61 Å². The lowest BCUT2D eigenvalue weighted by atomic mass is 9.89. The van der Waals surface area contributed by atoms with Crippen molar-refractivity contribution < 1.29 is 9.84 Å². The normalized spacial score (nSPS) is 22.4. The van der Waals surface area contributed by atoms with E-state index >= 15 is 0 Å². The molecule has 19 heavy (non-hydrogen) atoms. The summed E-state index contributed by atoms with van der Waals surface area (Å²) in [7, 11) is 0. The van der Waals surface area contributed by atoms with Crippen LogP contribution < -0.4 is 10.1 Å². The van der Waals surface area contributed by atoms with Crippen molar-refractivity contribution >= 4 is 0 Å². The van der Waals surface area contributed by atoms with Gasteiger partial charge < -0.3 is 15.2 Å². The van der Waals surface area contributed by atoms with Crippen LogP contribution in [0.15, 0.2) is 24.3 Å². The van der Waals surface area contributed by atoms with Crippen LogP contribution in [0, 0.1) is 0 Å². The second-order valence-corrected chi connectivity index (χ2v) is 5.94. The first kappa shape index (κ1) is 14.4. The number of rotatable bonds is 5. The van der Waals surface area contributed by atoms with Crippen LogP contribution in [0.4, 0.5) is 0 Å². The van der Waals surface area contributed by atoms with Crippen LogP contribution in [-0.4, -0.2) is 23.4 Å². The summed E-state index contributed by atoms with van der Waals surface area (Å²) >= 11 is 0. The minimum Gasteiger partial charge on any atom is -0.487 e. The number of benzene rings is 1. The Kier molecular flexibility index (Phi) is 4.48. The Morgan fingerprint density at radius 2 is 2.16 bits per heavy atom. The van der Waals surface area contributed by atoms with Crippen molar-refractivity contribution in [1.29, 1.82) is 0 Å². The zero-order valence-corrected chi connectivity index (χ0v) is 12.1. The molecule has 0 saturated carbocycles. The van der Waals surface area contributed by atoms with Crippen LogP contribution in [-0.2, 0) is 0 Å². The molecule has 2 atom stereocenters. The van der Waals surface area contributed by atoms with Gasteiger partial charge in [0.15, 0.2) is 0 Å². The molecule has 0 spiro atoms. The van der Waals surface area contributed by atoms with Gasteiger partial charge >= 0.3 is 0 Å². The third-order valence-electron chi connectivity index (χ3n) is 3.78. The Hall–Kier alpha value is -1.06. The summed E-state index contributed by atoms with van der Waals surface area (Å²) in [6.45, 7) is 6.65. The van der Waals surface area contributed by atoms with Crippen LogP contribution in [0.5, 0.6) is 5.75 Å². The summed E-state index contributed by atoms with van der Waals surface area (Å²) in [5, 5.41) is 12.8. The molecule has 106 valence electrons. The number of aliphatic hydroxyl groups is 1. The molecular weight excluding hydrogens is 238 g/mol. The zero-order valence-electron chi connectivity index (χ0n) is 12.1. The van der Waals surface area contributed by atoms with E-state index in [1.807, 2.05) is 12.1 Å². The molecule has 0 aliphatic carbocycles. The molecule has 3 heteroatoms. The van der Waals surface area contributed by atoms with Crippen LogP contribution in [0.2, 0.25) is 0 Å². The van der Waals surface area contributed by atoms with Gasteiger partial charge in [0.2, 0.25) is 0 Å². The molecular formula is C16H25NO2. The van der Waals surface area contributed by atoms with Crippen LogP contribution in [0.1, 0.15) is 51.6 Å². The number of aliphatic hydroxyl groups excluding tert-OH is 1. The lowest BCUT2D eigenvalue weighted by Crippen LogP contribution is -2.42. The highest BCUT2D eigenvalue weighted by Gasteiger charge is 2.34. The Morgan fingerprint density at radius 3 is 2.84 bits per heavy atom. The average Bonchev–Trinajstić information content (AvgIpc) is 2.36. The monoisotopic (exact) mass is 263 g/mol. The van der Waals surface area contributed by atoms with Gasteiger partial charge in [0.25, 0.3) is 0 Å². The molecule has 1 aliphatic heterocycles. The van der Waals surface area contributed by atoms with E-state index in [4.69, 9.17) is 9.84 Å². The van der Waals surface area contributed by atoms with E-state index in [1.54, 1.807) is 0 Å². The molecule has 2 unspecified atom stereocenters. The van der Waals surface area contributed by atoms with Crippen molar-refractivity contribution in [3.8, 4) is 5.75 Å². The maximum absolute atomic E-state index is 9.13. The van der Waals surface area contributed by atoms with Gasteiger partial charge in [-0.05, 0) is 32.8 Å². The molecule has 1 aromatic carbocycles. The smallest absolute Gasteiger partial charge is 0.124 e. The van der Waals surface area contributed by atoms with Gasteiger partial charge in [0.1, 0.15) is 11.4 Å². The molecule has 0 amide bonds. The largest absolute Gasteiger partial charge is 0.487 e. The van der Waals surface area contributed by atoms with Gasteiger partial charge in [0.05, 0.1) is 0 Å². The number of fused-ring (bicyclic) bond motifs is 1. The number of hydrogen-bond donors (Lipinski definition) is 2. The minimum absolute atomic E-state index is 0.149. The first-order valence-electron chi connectivity index (χ1n) is 7.20. The summed E-state index contributed by atoms with van der Waals surface area (Å²) in [5.74, 6) is 0.982. The van der Waals surface area contributed by atoms with Crippen molar-refractivity contribution in [3.05, 3.63) is 29.8 Å². The summed E-state index contributed by atoms with van der Waals surface area (Å²) in [6, 6.07) is 8.91. The average molecular weight is 263 g/mol. The molecule has 0 bridgehead atoms. The Morgan fingerprint density at radius 1 is 1.42 bits per heavy atom. The van der Waals surface area contributed by atoms with Crippen molar-refractivity contribution in [2.24, 2.45) is 0 Å². The summed E-state index contributed by atoms with van der Waals surface area (Å²) < 4.78 is 6.04. The second-order valence-electron chi connectivity index (χ2n) is 5.94. The van der Waals surface area contributed by atoms with Gasteiger partial charge in [-0.25, -0.2) is 0 Å². The molecule has 0 radical (unpaired) electrons.